The first-order valence-corrected chi connectivity index (χ1v) is 8.59. The van der Waals surface area contributed by atoms with Gasteiger partial charge in [0.1, 0.15) is 5.82 Å². The fourth-order valence-electron chi connectivity index (χ4n) is 3.42. The topological polar surface area (TPSA) is 47.4 Å². The van der Waals surface area contributed by atoms with Gasteiger partial charge in [0.15, 0.2) is 0 Å². The number of fused-ring (bicyclic) bond motifs is 1. The van der Waals surface area contributed by atoms with E-state index in [0.29, 0.717) is 25.3 Å². The molecule has 2 aromatic carbocycles. The van der Waals surface area contributed by atoms with Gasteiger partial charge in [0.05, 0.1) is 23.7 Å². The highest BCUT2D eigenvalue weighted by molar-refractivity contribution is 5.97. The molecule has 25 heavy (non-hydrogen) atoms. The SMILES string of the molecule is Cc1nc2cc(C(=O)N3CCOC(C)C3)ccc2n1-c1ccccc1. The van der Waals surface area contributed by atoms with Crippen molar-refractivity contribution in [3.05, 3.63) is 59.9 Å². The Morgan fingerprint density at radius 3 is 2.76 bits per heavy atom. The van der Waals surface area contributed by atoms with Crippen molar-refractivity contribution in [1.29, 1.82) is 0 Å². The van der Waals surface area contributed by atoms with Gasteiger partial charge in [-0.2, -0.15) is 0 Å². The summed E-state index contributed by atoms with van der Waals surface area (Å²) in [5.41, 5.74) is 3.60. The van der Waals surface area contributed by atoms with E-state index in [1.165, 1.54) is 0 Å². The van der Waals surface area contributed by atoms with Crippen molar-refractivity contribution in [3.8, 4) is 5.69 Å². The summed E-state index contributed by atoms with van der Waals surface area (Å²) in [4.78, 5) is 19.3. The van der Waals surface area contributed by atoms with Crippen LogP contribution in [0.4, 0.5) is 0 Å². The first-order chi connectivity index (χ1) is 12.1. The minimum absolute atomic E-state index is 0.0453. The molecule has 2 heterocycles. The van der Waals surface area contributed by atoms with E-state index < -0.39 is 0 Å². The molecule has 0 radical (unpaired) electrons. The van der Waals surface area contributed by atoms with Crippen LogP contribution >= 0.6 is 0 Å². The van der Waals surface area contributed by atoms with E-state index in [9.17, 15) is 4.79 Å². The molecule has 0 N–H and O–H groups in total. The van der Waals surface area contributed by atoms with E-state index in [2.05, 4.69) is 21.7 Å². The number of hydrogen-bond donors (Lipinski definition) is 0. The Hall–Kier alpha value is -2.66. The van der Waals surface area contributed by atoms with Gasteiger partial charge in [0, 0.05) is 24.3 Å². The molecule has 0 spiro atoms. The quantitative estimate of drug-likeness (QED) is 0.722. The zero-order valence-corrected chi connectivity index (χ0v) is 14.5. The molecule has 5 nitrogen and oxygen atoms in total. The van der Waals surface area contributed by atoms with Crippen molar-refractivity contribution in [2.45, 2.75) is 20.0 Å². The molecule has 1 fully saturated rings. The molecule has 0 aliphatic carbocycles. The summed E-state index contributed by atoms with van der Waals surface area (Å²) in [5.74, 6) is 0.953. The number of benzene rings is 2. The van der Waals surface area contributed by atoms with E-state index in [4.69, 9.17) is 4.74 Å². The monoisotopic (exact) mass is 335 g/mol. The van der Waals surface area contributed by atoms with Gasteiger partial charge in [-0.15, -0.1) is 0 Å². The van der Waals surface area contributed by atoms with Crippen LogP contribution in [0.15, 0.2) is 48.5 Å². The highest BCUT2D eigenvalue weighted by Gasteiger charge is 2.23. The van der Waals surface area contributed by atoms with Crippen molar-refractivity contribution in [2.24, 2.45) is 0 Å². The lowest BCUT2D eigenvalue weighted by Crippen LogP contribution is -2.44. The van der Waals surface area contributed by atoms with Gasteiger partial charge in [-0.1, -0.05) is 18.2 Å². The molecule has 128 valence electrons. The lowest BCUT2D eigenvalue weighted by molar-refractivity contribution is -0.0124. The molecule has 1 aromatic heterocycles. The fraction of sp³-hybridized carbons (Fsp3) is 0.300. The van der Waals surface area contributed by atoms with Crippen LogP contribution in [0, 0.1) is 6.92 Å². The van der Waals surface area contributed by atoms with Crippen molar-refractivity contribution in [2.75, 3.05) is 19.7 Å². The Labute approximate surface area is 146 Å². The van der Waals surface area contributed by atoms with Crippen molar-refractivity contribution in [3.63, 3.8) is 0 Å². The Morgan fingerprint density at radius 1 is 1.20 bits per heavy atom. The Morgan fingerprint density at radius 2 is 2.00 bits per heavy atom. The molecular formula is C20H21N3O2. The zero-order chi connectivity index (χ0) is 17.4. The van der Waals surface area contributed by atoms with Gasteiger partial charge in [-0.3, -0.25) is 9.36 Å². The molecule has 1 unspecified atom stereocenters. The molecular weight excluding hydrogens is 314 g/mol. The number of hydrogen-bond acceptors (Lipinski definition) is 3. The lowest BCUT2D eigenvalue weighted by Gasteiger charge is -2.31. The van der Waals surface area contributed by atoms with Crippen LogP contribution in [-0.2, 0) is 4.74 Å². The van der Waals surface area contributed by atoms with E-state index in [1.54, 1.807) is 0 Å². The van der Waals surface area contributed by atoms with E-state index >= 15 is 0 Å². The predicted octanol–water partition coefficient (Wildman–Crippen LogP) is 3.19. The molecule has 0 bridgehead atoms. The first kappa shape index (κ1) is 15.8. The maximum absolute atomic E-state index is 12.8. The standard InChI is InChI=1S/C20H21N3O2/c1-14-13-22(10-11-25-14)20(24)16-8-9-19-18(12-16)21-15(2)23(19)17-6-4-3-5-7-17/h3-9,12,14H,10-11,13H2,1-2H3. The summed E-state index contributed by atoms with van der Waals surface area (Å²) in [6.07, 6.45) is 0.0842. The molecule has 1 atom stereocenters. The molecule has 4 rings (SSSR count). The summed E-state index contributed by atoms with van der Waals surface area (Å²) >= 11 is 0. The third-order valence-corrected chi connectivity index (χ3v) is 4.61. The molecule has 0 saturated carbocycles. The number of carbonyl (C=O) groups is 1. The van der Waals surface area contributed by atoms with Crippen molar-refractivity contribution < 1.29 is 9.53 Å². The molecule has 3 aromatic rings. The van der Waals surface area contributed by atoms with Gasteiger partial charge >= 0.3 is 0 Å². The van der Waals surface area contributed by atoms with E-state index in [0.717, 1.165) is 22.5 Å². The number of morpholine rings is 1. The molecule has 5 heteroatoms. The number of para-hydroxylation sites is 1. The zero-order valence-electron chi connectivity index (χ0n) is 14.5. The number of rotatable bonds is 2. The van der Waals surface area contributed by atoms with Crippen molar-refractivity contribution >= 4 is 16.9 Å². The Bertz CT molecular complexity index is 917. The highest BCUT2D eigenvalue weighted by atomic mass is 16.5. The number of aromatic nitrogens is 2. The minimum Gasteiger partial charge on any atom is -0.375 e. The summed E-state index contributed by atoms with van der Waals surface area (Å²) in [6, 6.07) is 15.9. The average molecular weight is 335 g/mol. The Balaban J connectivity index is 1.71. The number of ether oxygens (including phenoxy) is 1. The third kappa shape index (κ3) is 2.91. The maximum Gasteiger partial charge on any atom is 0.254 e. The van der Waals surface area contributed by atoms with Crippen molar-refractivity contribution in [1.82, 2.24) is 14.5 Å². The second kappa shape index (κ2) is 6.33. The molecule has 1 aliphatic rings. The number of nitrogens with zero attached hydrogens (tertiary/aromatic N) is 3. The summed E-state index contributed by atoms with van der Waals surface area (Å²) < 4.78 is 7.63. The van der Waals surface area contributed by atoms with E-state index in [-0.39, 0.29) is 12.0 Å². The lowest BCUT2D eigenvalue weighted by atomic mass is 10.1. The van der Waals surface area contributed by atoms with Crippen LogP contribution in [-0.4, -0.2) is 46.2 Å². The van der Waals surface area contributed by atoms with Gasteiger partial charge in [-0.05, 0) is 44.2 Å². The number of imidazole rings is 1. The summed E-state index contributed by atoms with van der Waals surface area (Å²) in [7, 11) is 0. The second-order valence-electron chi connectivity index (χ2n) is 6.47. The average Bonchev–Trinajstić information content (AvgIpc) is 2.96. The molecule has 1 amide bonds. The Kier molecular flexibility index (Phi) is 4.01. The first-order valence-electron chi connectivity index (χ1n) is 8.59. The number of amides is 1. The predicted molar refractivity (Wildman–Crippen MR) is 97.1 cm³/mol. The highest BCUT2D eigenvalue weighted by Crippen LogP contribution is 2.23. The van der Waals surface area contributed by atoms with Gasteiger partial charge < -0.3 is 9.64 Å². The minimum atomic E-state index is 0.0453. The fourth-order valence-corrected chi connectivity index (χ4v) is 3.42. The van der Waals surface area contributed by atoms with Gasteiger partial charge in [0.25, 0.3) is 5.91 Å². The normalized spacial score (nSPS) is 17.8. The summed E-state index contributed by atoms with van der Waals surface area (Å²) in [6.45, 7) is 5.84. The van der Waals surface area contributed by atoms with Crippen LogP contribution in [0.25, 0.3) is 16.7 Å². The van der Waals surface area contributed by atoms with E-state index in [1.807, 2.05) is 55.1 Å². The molecule has 1 saturated heterocycles. The smallest absolute Gasteiger partial charge is 0.254 e. The van der Waals surface area contributed by atoms with Crippen LogP contribution in [0.2, 0.25) is 0 Å². The van der Waals surface area contributed by atoms with Gasteiger partial charge in [-0.25, -0.2) is 4.98 Å². The third-order valence-electron chi connectivity index (χ3n) is 4.61. The summed E-state index contributed by atoms with van der Waals surface area (Å²) in [5, 5.41) is 0. The number of carbonyl (C=O) groups excluding carboxylic acids is 1. The van der Waals surface area contributed by atoms with Crippen LogP contribution in [0.5, 0.6) is 0 Å². The molecule has 1 aliphatic heterocycles. The maximum atomic E-state index is 12.8. The second-order valence-corrected chi connectivity index (χ2v) is 6.47. The largest absolute Gasteiger partial charge is 0.375 e. The van der Waals surface area contributed by atoms with Crippen LogP contribution < -0.4 is 0 Å². The van der Waals surface area contributed by atoms with Crippen LogP contribution in [0.1, 0.15) is 23.1 Å². The van der Waals surface area contributed by atoms with Gasteiger partial charge in [0.2, 0.25) is 0 Å². The van der Waals surface area contributed by atoms with Crippen LogP contribution in [0.3, 0.4) is 0 Å². The number of aryl methyl sites for hydroxylation is 1.